The van der Waals surface area contributed by atoms with Gasteiger partial charge in [-0.05, 0) is 36.8 Å². The molecule has 0 radical (unpaired) electrons. The molecule has 1 aliphatic heterocycles. The summed E-state index contributed by atoms with van der Waals surface area (Å²) < 4.78 is 0. The summed E-state index contributed by atoms with van der Waals surface area (Å²) >= 11 is 0. The molecule has 1 spiro atoms. The second-order valence-corrected chi connectivity index (χ2v) is 6.76. The highest BCUT2D eigenvalue weighted by molar-refractivity contribution is 5.80. The maximum atomic E-state index is 4.48. The SMILES string of the molecule is CN=C(NCCN(C)c1ccccc1)N1CCC2(CCC2)C1. The lowest BCUT2D eigenvalue weighted by Crippen LogP contribution is -2.44. The second-order valence-electron chi connectivity index (χ2n) is 6.76. The summed E-state index contributed by atoms with van der Waals surface area (Å²) in [7, 11) is 4.04. The normalized spacial score (nSPS) is 20.1. The Morgan fingerprint density at radius 2 is 2.05 bits per heavy atom. The van der Waals surface area contributed by atoms with Crippen LogP contribution < -0.4 is 10.2 Å². The largest absolute Gasteiger partial charge is 0.373 e. The maximum Gasteiger partial charge on any atom is 0.193 e. The van der Waals surface area contributed by atoms with Crippen molar-refractivity contribution in [3.8, 4) is 0 Å². The average Bonchev–Trinajstić information content (AvgIpc) is 2.98. The molecule has 2 fully saturated rings. The molecule has 0 unspecified atom stereocenters. The van der Waals surface area contributed by atoms with Crippen LogP contribution in [-0.4, -0.2) is 51.1 Å². The molecule has 1 saturated heterocycles. The highest BCUT2D eigenvalue weighted by Gasteiger charge is 2.43. The lowest BCUT2D eigenvalue weighted by molar-refractivity contribution is 0.151. The van der Waals surface area contributed by atoms with Crippen molar-refractivity contribution in [3.05, 3.63) is 30.3 Å². The summed E-state index contributed by atoms with van der Waals surface area (Å²) in [5, 5.41) is 3.53. The fourth-order valence-electron chi connectivity index (χ4n) is 3.68. The smallest absolute Gasteiger partial charge is 0.193 e. The number of hydrogen-bond donors (Lipinski definition) is 1. The van der Waals surface area contributed by atoms with E-state index in [1.165, 1.54) is 37.9 Å². The van der Waals surface area contributed by atoms with E-state index in [-0.39, 0.29) is 0 Å². The van der Waals surface area contributed by atoms with Crippen LogP contribution in [0.2, 0.25) is 0 Å². The highest BCUT2D eigenvalue weighted by atomic mass is 15.3. The van der Waals surface area contributed by atoms with Crippen LogP contribution in [0.3, 0.4) is 0 Å². The Kier molecular flexibility index (Phi) is 4.55. The minimum absolute atomic E-state index is 0.623. The Labute approximate surface area is 134 Å². The summed E-state index contributed by atoms with van der Waals surface area (Å²) in [6.45, 7) is 4.25. The molecule has 3 rings (SSSR count). The predicted molar refractivity (Wildman–Crippen MR) is 93.5 cm³/mol. The van der Waals surface area contributed by atoms with Crippen molar-refractivity contribution in [1.82, 2.24) is 10.2 Å². The third-order valence-electron chi connectivity index (χ3n) is 5.29. The van der Waals surface area contributed by atoms with E-state index < -0.39 is 0 Å². The molecule has 0 aromatic heterocycles. The van der Waals surface area contributed by atoms with Crippen LogP contribution in [0.25, 0.3) is 0 Å². The summed E-state index contributed by atoms with van der Waals surface area (Å²) in [6.07, 6.45) is 5.59. The number of hydrogen-bond acceptors (Lipinski definition) is 2. The molecule has 1 N–H and O–H groups in total. The monoisotopic (exact) mass is 300 g/mol. The molecule has 4 nitrogen and oxygen atoms in total. The van der Waals surface area contributed by atoms with Gasteiger partial charge in [-0.25, -0.2) is 0 Å². The predicted octanol–water partition coefficient (Wildman–Crippen LogP) is 2.57. The molecule has 2 aliphatic rings. The Balaban J connectivity index is 1.46. The van der Waals surface area contributed by atoms with Crippen molar-refractivity contribution in [2.24, 2.45) is 10.4 Å². The van der Waals surface area contributed by atoms with E-state index >= 15 is 0 Å². The van der Waals surface area contributed by atoms with Gasteiger partial charge in [-0.1, -0.05) is 24.6 Å². The van der Waals surface area contributed by atoms with Gasteiger partial charge < -0.3 is 15.1 Å². The fraction of sp³-hybridized carbons (Fsp3) is 0.611. The number of nitrogens with one attached hydrogen (secondary N) is 1. The van der Waals surface area contributed by atoms with Gasteiger partial charge in [-0.15, -0.1) is 0 Å². The molecule has 4 heteroatoms. The van der Waals surface area contributed by atoms with E-state index in [2.05, 4.69) is 57.5 Å². The summed E-state index contributed by atoms with van der Waals surface area (Å²) in [5.74, 6) is 1.07. The van der Waals surface area contributed by atoms with Crippen LogP contribution >= 0.6 is 0 Å². The molecule has 1 saturated carbocycles. The summed E-state index contributed by atoms with van der Waals surface area (Å²) in [6, 6.07) is 10.5. The van der Waals surface area contributed by atoms with Gasteiger partial charge in [0.25, 0.3) is 0 Å². The standard InChI is InChI=1S/C18H28N4/c1-19-17(22-13-11-18(15-22)9-6-10-18)20-12-14-21(2)16-7-4-3-5-8-16/h3-5,7-8H,6,9-15H2,1-2H3,(H,19,20). The number of aliphatic imine (C=N–C) groups is 1. The van der Waals surface area contributed by atoms with Gasteiger partial charge in [-0.3, -0.25) is 4.99 Å². The Morgan fingerprint density at radius 3 is 2.64 bits per heavy atom. The van der Waals surface area contributed by atoms with Gasteiger partial charge in [-0.2, -0.15) is 0 Å². The van der Waals surface area contributed by atoms with Crippen molar-refractivity contribution >= 4 is 11.6 Å². The van der Waals surface area contributed by atoms with Crippen molar-refractivity contribution in [1.29, 1.82) is 0 Å². The number of rotatable bonds is 4. The first-order valence-corrected chi connectivity index (χ1v) is 8.44. The van der Waals surface area contributed by atoms with E-state index in [1.54, 1.807) is 0 Å². The average molecular weight is 300 g/mol. The third kappa shape index (κ3) is 3.21. The van der Waals surface area contributed by atoms with Crippen LogP contribution in [0.4, 0.5) is 5.69 Å². The number of nitrogens with zero attached hydrogens (tertiary/aromatic N) is 3. The molecular formula is C18H28N4. The Morgan fingerprint density at radius 1 is 1.27 bits per heavy atom. The van der Waals surface area contributed by atoms with Gasteiger partial charge in [0.2, 0.25) is 0 Å². The lowest BCUT2D eigenvalue weighted by Gasteiger charge is -2.38. The molecule has 1 heterocycles. The first kappa shape index (κ1) is 15.2. The molecule has 1 aromatic carbocycles. The van der Waals surface area contributed by atoms with E-state index in [0.29, 0.717) is 5.41 Å². The van der Waals surface area contributed by atoms with Gasteiger partial charge in [0.15, 0.2) is 5.96 Å². The number of anilines is 1. The molecular weight excluding hydrogens is 272 g/mol. The molecule has 1 aromatic rings. The highest BCUT2D eigenvalue weighted by Crippen LogP contribution is 2.47. The van der Waals surface area contributed by atoms with E-state index in [1.807, 2.05) is 7.05 Å². The van der Waals surface area contributed by atoms with E-state index in [9.17, 15) is 0 Å². The van der Waals surface area contributed by atoms with Crippen molar-refractivity contribution in [2.75, 3.05) is 45.2 Å². The minimum Gasteiger partial charge on any atom is -0.373 e. The Bertz CT molecular complexity index is 507. The van der Waals surface area contributed by atoms with Gasteiger partial charge >= 0.3 is 0 Å². The second kappa shape index (κ2) is 6.59. The lowest BCUT2D eigenvalue weighted by atomic mass is 9.68. The Hall–Kier alpha value is -1.71. The summed E-state index contributed by atoms with van der Waals surface area (Å²) in [4.78, 5) is 9.20. The zero-order valence-corrected chi connectivity index (χ0v) is 13.9. The minimum atomic E-state index is 0.623. The first-order chi connectivity index (χ1) is 10.7. The topological polar surface area (TPSA) is 30.9 Å². The van der Waals surface area contributed by atoms with E-state index in [4.69, 9.17) is 0 Å². The van der Waals surface area contributed by atoms with Crippen molar-refractivity contribution < 1.29 is 0 Å². The molecule has 22 heavy (non-hydrogen) atoms. The molecule has 0 amide bonds. The van der Waals surface area contributed by atoms with Gasteiger partial charge in [0.05, 0.1) is 0 Å². The zero-order valence-electron chi connectivity index (χ0n) is 13.9. The molecule has 1 aliphatic carbocycles. The fourth-order valence-corrected chi connectivity index (χ4v) is 3.68. The van der Waals surface area contributed by atoms with Crippen LogP contribution in [0.15, 0.2) is 35.3 Å². The quantitative estimate of drug-likeness (QED) is 0.685. The van der Waals surface area contributed by atoms with E-state index in [0.717, 1.165) is 25.6 Å². The third-order valence-corrected chi connectivity index (χ3v) is 5.29. The zero-order chi connectivity index (χ0) is 15.4. The molecule has 0 atom stereocenters. The number of likely N-dealkylation sites (tertiary alicyclic amines) is 1. The first-order valence-electron chi connectivity index (χ1n) is 8.44. The number of benzene rings is 1. The van der Waals surface area contributed by atoms with Crippen LogP contribution in [0.5, 0.6) is 0 Å². The molecule has 0 bridgehead atoms. The van der Waals surface area contributed by atoms with Crippen molar-refractivity contribution in [2.45, 2.75) is 25.7 Å². The molecule has 120 valence electrons. The van der Waals surface area contributed by atoms with Crippen molar-refractivity contribution in [3.63, 3.8) is 0 Å². The van der Waals surface area contributed by atoms with Crippen LogP contribution in [-0.2, 0) is 0 Å². The van der Waals surface area contributed by atoms with Crippen LogP contribution in [0, 0.1) is 5.41 Å². The number of likely N-dealkylation sites (N-methyl/N-ethyl adjacent to an activating group) is 1. The summed E-state index contributed by atoms with van der Waals surface area (Å²) in [5.41, 5.74) is 1.88. The van der Waals surface area contributed by atoms with Gasteiger partial charge in [0, 0.05) is 46.0 Å². The number of guanidine groups is 1. The maximum absolute atomic E-state index is 4.48. The van der Waals surface area contributed by atoms with Crippen LogP contribution in [0.1, 0.15) is 25.7 Å². The van der Waals surface area contributed by atoms with Gasteiger partial charge in [0.1, 0.15) is 0 Å². The number of para-hydroxylation sites is 1.